The maximum Gasteiger partial charge on any atom is 0.223 e. The Kier molecular flexibility index (Phi) is 7.41. The molecule has 0 radical (unpaired) electrons. The van der Waals surface area contributed by atoms with Gasteiger partial charge >= 0.3 is 0 Å². The van der Waals surface area contributed by atoms with E-state index in [2.05, 4.69) is 65.4 Å². The second-order valence-corrected chi connectivity index (χ2v) is 9.42. The van der Waals surface area contributed by atoms with Crippen molar-refractivity contribution >= 4 is 5.91 Å². The number of nitrogens with zero attached hydrogens (tertiary/aromatic N) is 3. The topological polar surface area (TPSA) is 26.8 Å². The molecule has 0 bridgehead atoms. The molecule has 2 atom stereocenters. The molecule has 0 aromatic heterocycles. The van der Waals surface area contributed by atoms with Crippen molar-refractivity contribution in [3.05, 3.63) is 71.8 Å². The van der Waals surface area contributed by atoms with E-state index in [1.54, 1.807) is 0 Å². The third-order valence-corrected chi connectivity index (χ3v) is 7.36. The number of rotatable bonds is 7. The number of amides is 1. The zero-order valence-corrected chi connectivity index (χ0v) is 19.1. The molecule has 0 saturated carbocycles. The number of piperidine rings is 1. The summed E-state index contributed by atoms with van der Waals surface area (Å²) in [6, 6.07) is 21.9. The van der Waals surface area contributed by atoms with Gasteiger partial charge in [-0.2, -0.15) is 0 Å². The van der Waals surface area contributed by atoms with E-state index in [0.29, 0.717) is 18.5 Å². The van der Waals surface area contributed by atoms with Gasteiger partial charge in [0.05, 0.1) is 0 Å². The van der Waals surface area contributed by atoms with Crippen LogP contribution in [0.4, 0.5) is 0 Å². The lowest BCUT2D eigenvalue weighted by Crippen LogP contribution is -2.45. The molecule has 2 saturated heterocycles. The Bertz CT molecular complexity index is 785. The fourth-order valence-electron chi connectivity index (χ4n) is 5.29. The van der Waals surface area contributed by atoms with Gasteiger partial charge in [-0.3, -0.25) is 9.69 Å². The van der Waals surface area contributed by atoms with Crippen LogP contribution in [0.25, 0.3) is 0 Å². The molecule has 4 heteroatoms. The highest BCUT2D eigenvalue weighted by molar-refractivity contribution is 5.78. The minimum Gasteiger partial charge on any atom is -0.341 e. The lowest BCUT2D eigenvalue weighted by Gasteiger charge is -2.35. The van der Waals surface area contributed by atoms with Gasteiger partial charge in [0.25, 0.3) is 0 Å². The first-order chi connectivity index (χ1) is 15.1. The molecule has 4 rings (SSSR count). The number of hydrogen-bond donors (Lipinski definition) is 0. The maximum atomic E-state index is 13.3. The van der Waals surface area contributed by atoms with Gasteiger partial charge in [-0.1, -0.05) is 67.1 Å². The van der Waals surface area contributed by atoms with E-state index in [0.717, 1.165) is 26.1 Å². The van der Waals surface area contributed by atoms with Crippen LogP contribution in [0.2, 0.25) is 0 Å². The summed E-state index contributed by atoms with van der Waals surface area (Å²) in [6.45, 7) is 4.48. The molecule has 0 aliphatic carbocycles. The number of carbonyl (C=O) groups excluding carboxylic acids is 1. The first-order valence-electron chi connectivity index (χ1n) is 11.9. The molecule has 166 valence electrons. The molecule has 4 nitrogen and oxygen atoms in total. The molecule has 1 amide bonds. The standard InChI is InChI=1S/C27H37N3O/c1-28-17-10-9-15-24(28)20-30-18-16-25(21-30)29(2)27(31)19-26(22-11-5-3-6-12-22)23-13-7-4-8-14-23/h3-8,11-14,24-26H,9-10,15-21H2,1-2H3/t24?,25-/m0/s1. The summed E-state index contributed by atoms with van der Waals surface area (Å²) in [7, 11) is 4.27. The molecular formula is C27H37N3O. The van der Waals surface area contributed by atoms with Gasteiger partial charge in [0.15, 0.2) is 0 Å². The van der Waals surface area contributed by atoms with Crippen LogP contribution in [-0.2, 0) is 4.79 Å². The minimum atomic E-state index is 0.103. The van der Waals surface area contributed by atoms with Crippen molar-refractivity contribution < 1.29 is 4.79 Å². The van der Waals surface area contributed by atoms with Crippen LogP contribution in [0.15, 0.2) is 60.7 Å². The number of carbonyl (C=O) groups is 1. The molecule has 2 heterocycles. The number of benzene rings is 2. The lowest BCUT2D eigenvalue weighted by molar-refractivity contribution is -0.132. The molecule has 31 heavy (non-hydrogen) atoms. The molecule has 2 aromatic rings. The van der Waals surface area contributed by atoms with Crippen LogP contribution in [-0.4, -0.2) is 73.0 Å². The zero-order valence-electron chi connectivity index (χ0n) is 19.1. The summed E-state index contributed by atoms with van der Waals surface area (Å²) in [5.74, 6) is 0.352. The predicted molar refractivity (Wildman–Crippen MR) is 127 cm³/mol. The van der Waals surface area contributed by atoms with E-state index >= 15 is 0 Å². The van der Waals surface area contributed by atoms with Crippen LogP contribution in [0.5, 0.6) is 0 Å². The van der Waals surface area contributed by atoms with Gasteiger partial charge in [0.2, 0.25) is 5.91 Å². The normalized spacial score (nSPS) is 22.7. The fourth-order valence-corrected chi connectivity index (χ4v) is 5.29. The molecule has 2 aromatic carbocycles. The van der Waals surface area contributed by atoms with Crippen LogP contribution >= 0.6 is 0 Å². The third kappa shape index (κ3) is 5.55. The van der Waals surface area contributed by atoms with Crippen molar-refractivity contribution in [3.8, 4) is 0 Å². The summed E-state index contributed by atoms with van der Waals surface area (Å²) < 4.78 is 0. The Morgan fingerprint density at radius 3 is 2.23 bits per heavy atom. The molecule has 2 aliphatic rings. The Morgan fingerprint density at radius 1 is 0.968 bits per heavy atom. The smallest absolute Gasteiger partial charge is 0.223 e. The Hall–Kier alpha value is -2.17. The highest BCUT2D eigenvalue weighted by Crippen LogP contribution is 2.29. The monoisotopic (exact) mass is 419 g/mol. The Balaban J connectivity index is 1.38. The predicted octanol–water partition coefficient (Wildman–Crippen LogP) is 4.23. The summed E-state index contributed by atoms with van der Waals surface area (Å²) in [5, 5.41) is 0. The van der Waals surface area contributed by atoms with E-state index in [4.69, 9.17) is 0 Å². The van der Waals surface area contributed by atoms with Crippen molar-refractivity contribution in [2.45, 2.75) is 50.1 Å². The van der Waals surface area contributed by atoms with Gasteiger partial charge in [-0.25, -0.2) is 0 Å². The quantitative estimate of drug-likeness (QED) is 0.672. The Labute approximate surface area is 187 Å². The SMILES string of the molecule is CN1CCCCC1CN1CC[C@H](N(C)C(=O)CC(c2ccccc2)c2ccccc2)C1. The summed E-state index contributed by atoms with van der Waals surface area (Å²) in [6.07, 6.45) is 5.59. The van der Waals surface area contributed by atoms with Crippen molar-refractivity contribution in [1.29, 1.82) is 0 Å². The Morgan fingerprint density at radius 2 is 1.61 bits per heavy atom. The third-order valence-electron chi connectivity index (χ3n) is 7.36. The molecule has 1 unspecified atom stereocenters. The van der Waals surface area contributed by atoms with E-state index in [1.807, 2.05) is 24.1 Å². The van der Waals surface area contributed by atoms with Crippen LogP contribution in [0.1, 0.15) is 49.1 Å². The number of likely N-dealkylation sites (N-methyl/N-ethyl adjacent to an activating group) is 2. The first kappa shape index (κ1) is 22.0. The highest BCUT2D eigenvalue weighted by atomic mass is 16.2. The van der Waals surface area contributed by atoms with Crippen LogP contribution in [0, 0.1) is 0 Å². The second kappa shape index (κ2) is 10.4. The molecule has 2 aliphatic heterocycles. The summed E-state index contributed by atoms with van der Waals surface area (Å²) in [4.78, 5) is 20.5. The van der Waals surface area contributed by atoms with Crippen molar-refractivity contribution in [2.75, 3.05) is 40.3 Å². The summed E-state index contributed by atoms with van der Waals surface area (Å²) in [5.41, 5.74) is 2.42. The highest BCUT2D eigenvalue weighted by Gasteiger charge is 2.32. The molecule has 0 spiro atoms. The molecule has 0 N–H and O–H groups in total. The van der Waals surface area contributed by atoms with Gasteiger partial charge in [-0.15, -0.1) is 0 Å². The van der Waals surface area contributed by atoms with Crippen molar-refractivity contribution in [3.63, 3.8) is 0 Å². The van der Waals surface area contributed by atoms with Gasteiger partial charge in [-0.05, 0) is 44.0 Å². The summed E-state index contributed by atoms with van der Waals surface area (Å²) >= 11 is 0. The lowest BCUT2D eigenvalue weighted by atomic mass is 9.88. The van der Waals surface area contributed by atoms with E-state index in [9.17, 15) is 4.79 Å². The van der Waals surface area contributed by atoms with E-state index in [-0.39, 0.29) is 11.8 Å². The number of hydrogen-bond acceptors (Lipinski definition) is 3. The van der Waals surface area contributed by atoms with Crippen LogP contribution in [0.3, 0.4) is 0 Å². The average molecular weight is 420 g/mol. The second-order valence-electron chi connectivity index (χ2n) is 9.42. The average Bonchev–Trinajstić information content (AvgIpc) is 3.28. The van der Waals surface area contributed by atoms with E-state index in [1.165, 1.54) is 36.9 Å². The molecular weight excluding hydrogens is 382 g/mol. The molecule has 2 fully saturated rings. The number of likely N-dealkylation sites (tertiary alicyclic amines) is 2. The van der Waals surface area contributed by atoms with Gasteiger partial charge in [0, 0.05) is 51.1 Å². The maximum absolute atomic E-state index is 13.3. The van der Waals surface area contributed by atoms with Gasteiger partial charge < -0.3 is 9.80 Å². The largest absolute Gasteiger partial charge is 0.341 e. The van der Waals surface area contributed by atoms with E-state index < -0.39 is 0 Å². The van der Waals surface area contributed by atoms with Crippen molar-refractivity contribution in [2.24, 2.45) is 0 Å². The van der Waals surface area contributed by atoms with Gasteiger partial charge in [0.1, 0.15) is 0 Å². The van der Waals surface area contributed by atoms with Crippen molar-refractivity contribution in [1.82, 2.24) is 14.7 Å². The fraction of sp³-hybridized carbons (Fsp3) is 0.519. The zero-order chi connectivity index (χ0) is 21.6. The minimum absolute atomic E-state index is 0.103. The first-order valence-corrected chi connectivity index (χ1v) is 11.9. The van der Waals surface area contributed by atoms with Crippen LogP contribution < -0.4 is 0 Å².